The summed E-state index contributed by atoms with van der Waals surface area (Å²) < 4.78 is 0. The van der Waals surface area contributed by atoms with E-state index < -0.39 is 6.09 Å². The van der Waals surface area contributed by atoms with Gasteiger partial charge in [-0.05, 0) is 68.6 Å². The highest BCUT2D eigenvalue weighted by Gasteiger charge is 2.32. The van der Waals surface area contributed by atoms with E-state index in [1.807, 2.05) is 6.20 Å². The van der Waals surface area contributed by atoms with E-state index >= 15 is 0 Å². The third-order valence-corrected chi connectivity index (χ3v) is 7.82. The van der Waals surface area contributed by atoms with Crippen LogP contribution in [0, 0.1) is 0 Å². The number of amides is 1. The zero-order valence-electron chi connectivity index (χ0n) is 19.8. The number of nitrogens with zero attached hydrogens (tertiary/aromatic N) is 5. The van der Waals surface area contributed by atoms with Crippen LogP contribution in [0.25, 0.3) is 0 Å². The standard InChI is InChI=1S/C26H35N5O2/c1-28-17-20-7-4-9-23(30-12-14-31(15-13-30)26(32)33)22(20)16-21(28)18-29(2)24-10-3-6-19-8-5-11-27-25(19)24/h4-5,7-9,11,21,24H,3,6,10,12-18H2,1-2H3,(H,32,33)/t21-,24+/m1/s1. The first-order valence-corrected chi connectivity index (χ1v) is 12.2. The van der Waals surface area contributed by atoms with Crippen molar-refractivity contribution in [1.82, 2.24) is 19.7 Å². The number of piperazine rings is 1. The van der Waals surface area contributed by atoms with Crippen molar-refractivity contribution in [2.75, 3.05) is 51.7 Å². The van der Waals surface area contributed by atoms with Crippen molar-refractivity contribution in [3.63, 3.8) is 0 Å². The van der Waals surface area contributed by atoms with Gasteiger partial charge >= 0.3 is 6.09 Å². The molecule has 0 unspecified atom stereocenters. The number of pyridine rings is 1. The molecule has 0 radical (unpaired) electrons. The number of likely N-dealkylation sites (N-methyl/N-ethyl adjacent to an activating group) is 2. The van der Waals surface area contributed by atoms with Crippen molar-refractivity contribution in [2.24, 2.45) is 0 Å². The average Bonchev–Trinajstić information content (AvgIpc) is 2.84. The third-order valence-electron chi connectivity index (χ3n) is 7.82. The summed E-state index contributed by atoms with van der Waals surface area (Å²) in [6.07, 6.45) is 5.68. The number of carbonyl (C=O) groups is 1. The molecule has 3 heterocycles. The number of fused-ring (bicyclic) bond motifs is 2. The lowest BCUT2D eigenvalue weighted by Gasteiger charge is -2.42. The summed E-state index contributed by atoms with van der Waals surface area (Å²) in [6.45, 7) is 4.62. The SMILES string of the molecule is CN1Cc2cccc(N3CCN(C(=O)O)CC3)c2C[C@@H]1CN(C)[C@H]1CCCc2cccnc21. The van der Waals surface area contributed by atoms with Gasteiger partial charge in [-0.15, -0.1) is 0 Å². The van der Waals surface area contributed by atoms with Gasteiger partial charge in [0.2, 0.25) is 0 Å². The second-order valence-corrected chi connectivity index (χ2v) is 9.84. The Morgan fingerprint density at radius 2 is 1.94 bits per heavy atom. The summed E-state index contributed by atoms with van der Waals surface area (Å²) in [6, 6.07) is 11.8. The largest absolute Gasteiger partial charge is 0.465 e. The molecule has 1 aromatic heterocycles. The molecule has 2 aliphatic heterocycles. The first-order valence-electron chi connectivity index (χ1n) is 12.2. The molecule has 0 spiro atoms. The van der Waals surface area contributed by atoms with Crippen LogP contribution >= 0.6 is 0 Å². The van der Waals surface area contributed by atoms with E-state index in [-0.39, 0.29) is 0 Å². The molecule has 1 N–H and O–H groups in total. The number of aromatic nitrogens is 1. The van der Waals surface area contributed by atoms with Crippen LogP contribution in [0.15, 0.2) is 36.5 Å². The maximum atomic E-state index is 11.3. The number of aryl methyl sites for hydroxylation is 1. The van der Waals surface area contributed by atoms with Crippen LogP contribution in [-0.2, 0) is 19.4 Å². The fraction of sp³-hybridized carbons (Fsp3) is 0.538. The minimum Gasteiger partial charge on any atom is -0.465 e. The molecule has 7 nitrogen and oxygen atoms in total. The number of hydrogen-bond acceptors (Lipinski definition) is 5. The molecule has 176 valence electrons. The lowest BCUT2D eigenvalue weighted by molar-refractivity contribution is 0.126. The molecule has 2 aromatic rings. The highest BCUT2D eigenvalue weighted by Crippen LogP contribution is 2.35. The van der Waals surface area contributed by atoms with Crippen molar-refractivity contribution < 1.29 is 9.90 Å². The van der Waals surface area contributed by atoms with Crippen LogP contribution < -0.4 is 4.90 Å². The van der Waals surface area contributed by atoms with Crippen LogP contribution in [0.2, 0.25) is 0 Å². The predicted octanol–water partition coefficient (Wildman–Crippen LogP) is 3.25. The van der Waals surface area contributed by atoms with Gasteiger partial charge < -0.3 is 14.9 Å². The smallest absolute Gasteiger partial charge is 0.407 e. The van der Waals surface area contributed by atoms with Gasteiger partial charge in [0, 0.05) is 57.2 Å². The molecule has 1 aliphatic carbocycles. The van der Waals surface area contributed by atoms with E-state index in [4.69, 9.17) is 4.98 Å². The molecule has 1 saturated heterocycles. The summed E-state index contributed by atoms with van der Waals surface area (Å²) in [7, 11) is 4.50. The van der Waals surface area contributed by atoms with Gasteiger partial charge in [0.15, 0.2) is 0 Å². The number of carboxylic acid groups (broad SMARTS) is 1. The molecular weight excluding hydrogens is 414 g/mol. The minimum absolute atomic E-state index is 0.393. The second kappa shape index (κ2) is 9.31. The molecule has 1 fully saturated rings. The van der Waals surface area contributed by atoms with E-state index in [0.29, 0.717) is 25.2 Å². The maximum absolute atomic E-state index is 11.3. The number of hydrogen-bond donors (Lipinski definition) is 1. The molecular formula is C26H35N5O2. The summed E-state index contributed by atoms with van der Waals surface area (Å²) in [5, 5.41) is 9.30. The summed E-state index contributed by atoms with van der Waals surface area (Å²) in [4.78, 5) is 25.0. The topological polar surface area (TPSA) is 63.1 Å². The Morgan fingerprint density at radius 3 is 2.73 bits per heavy atom. The molecule has 0 saturated carbocycles. The lowest BCUT2D eigenvalue weighted by atomic mass is 9.89. The highest BCUT2D eigenvalue weighted by atomic mass is 16.4. The lowest BCUT2D eigenvalue weighted by Crippen LogP contribution is -2.49. The molecule has 7 heteroatoms. The number of rotatable bonds is 4. The molecule has 0 bridgehead atoms. The van der Waals surface area contributed by atoms with Gasteiger partial charge in [0.05, 0.1) is 11.7 Å². The van der Waals surface area contributed by atoms with Crippen molar-refractivity contribution in [1.29, 1.82) is 0 Å². The minimum atomic E-state index is -0.812. The van der Waals surface area contributed by atoms with Gasteiger partial charge in [-0.1, -0.05) is 18.2 Å². The fourth-order valence-corrected chi connectivity index (χ4v) is 5.91. The van der Waals surface area contributed by atoms with Gasteiger partial charge in [-0.3, -0.25) is 14.8 Å². The van der Waals surface area contributed by atoms with Crippen LogP contribution in [-0.4, -0.2) is 83.7 Å². The van der Waals surface area contributed by atoms with Gasteiger partial charge in [-0.25, -0.2) is 4.79 Å². The summed E-state index contributed by atoms with van der Waals surface area (Å²) in [5.74, 6) is 0. The van der Waals surface area contributed by atoms with Crippen LogP contribution in [0.4, 0.5) is 10.5 Å². The summed E-state index contributed by atoms with van der Waals surface area (Å²) in [5.41, 5.74) is 6.81. The second-order valence-electron chi connectivity index (χ2n) is 9.84. The fourth-order valence-electron chi connectivity index (χ4n) is 5.91. The number of benzene rings is 1. The predicted molar refractivity (Wildman–Crippen MR) is 130 cm³/mol. The van der Waals surface area contributed by atoms with E-state index in [0.717, 1.165) is 39.0 Å². The Labute approximate surface area is 196 Å². The first kappa shape index (κ1) is 22.2. The Balaban J connectivity index is 1.32. The zero-order chi connectivity index (χ0) is 22.9. The van der Waals surface area contributed by atoms with E-state index in [2.05, 4.69) is 59.1 Å². The molecule has 2 atom stereocenters. The van der Waals surface area contributed by atoms with Crippen molar-refractivity contribution >= 4 is 11.8 Å². The Morgan fingerprint density at radius 1 is 1.15 bits per heavy atom. The van der Waals surface area contributed by atoms with E-state index in [1.165, 1.54) is 45.8 Å². The van der Waals surface area contributed by atoms with Gasteiger partial charge in [-0.2, -0.15) is 0 Å². The monoisotopic (exact) mass is 449 g/mol. The zero-order valence-corrected chi connectivity index (χ0v) is 19.8. The quantitative estimate of drug-likeness (QED) is 0.773. The van der Waals surface area contributed by atoms with Crippen molar-refractivity contribution in [3.05, 3.63) is 58.9 Å². The van der Waals surface area contributed by atoms with Crippen LogP contribution in [0.3, 0.4) is 0 Å². The van der Waals surface area contributed by atoms with E-state index in [1.54, 1.807) is 0 Å². The van der Waals surface area contributed by atoms with Crippen molar-refractivity contribution in [2.45, 2.75) is 44.3 Å². The van der Waals surface area contributed by atoms with Gasteiger partial charge in [0.25, 0.3) is 0 Å². The van der Waals surface area contributed by atoms with E-state index in [9.17, 15) is 9.90 Å². The normalized spacial score (nSPS) is 23.4. The Hall–Kier alpha value is -2.64. The number of anilines is 1. The molecule has 1 amide bonds. The van der Waals surface area contributed by atoms with Gasteiger partial charge in [0.1, 0.15) is 0 Å². The Bertz CT molecular complexity index is 1000. The highest BCUT2D eigenvalue weighted by molar-refractivity contribution is 5.66. The third kappa shape index (κ3) is 4.44. The average molecular weight is 450 g/mol. The molecule has 33 heavy (non-hydrogen) atoms. The maximum Gasteiger partial charge on any atom is 0.407 e. The Kier molecular flexibility index (Phi) is 6.25. The van der Waals surface area contributed by atoms with Crippen LogP contribution in [0.1, 0.15) is 41.3 Å². The summed E-state index contributed by atoms with van der Waals surface area (Å²) >= 11 is 0. The molecule has 5 rings (SSSR count). The molecule has 3 aliphatic rings. The first-order chi connectivity index (χ1) is 16.0. The van der Waals surface area contributed by atoms with Crippen LogP contribution in [0.5, 0.6) is 0 Å². The van der Waals surface area contributed by atoms with Crippen molar-refractivity contribution in [3.8, 4) is 0 Å². The molecule has 1 aromatic carbocycles.